The van der Waals surface area contributed by atoms with Gasteiger partial charge in [-0.2, -0.15) is 0 Å². The Kier molecular flexibility index (Phi) is 2.00. The van der Waals surface area contributed by atoms with Gasteiger partial charge in [-0.05, 0) is 29.8 Å². The first kappa shape index (κ1) is 10.3. The number of aromatic nitrogens is 2. The van der Waals surface area contributed by atoms with Crippen molar-refractivity contribution in [1.29, 1.82) is 0 Å². The quantitative estimate of drug-likeness (QED) is 0.719. The Morgan fingerprint density at radius 2 is 2.16 bits per heavy atom. The van der Waals surface area contributed by atoms with Crippen molar-refractivity contribution in [2.75, 3.05) is 0 Å². The van der Waals surface area contributed by atoms with Crippen LogP contribution in [-0.2, 0) is 6.54 Å². The van der Waals surface area contributed by atoms with E-state index in [1.54, 1.807) is 0 Å². The van der Waals surface area contributed by atoms with E-state index in [1.807, 2.05) is 53.2 Å². The monoisotopic (exact) mass is 249 g/mol. The Morgan fingerprint density at radius 1 is 1.21 bits per heavy atom. The number of hydrogen-bond donors (Lipinski definition) is 1. The Hall–Kier alpha value is -2.62. The summed E-state index contributed by atoms with van der Waals surface area (Å²) in [6.07, 6.45) is 3.98. The van der Waals surface area contributed by atoms with Crippen LogP contribution in [-0.4, -0.2) is 15.3 Å². The van der Waals surface area contributed by atoms with Gasteiger partial charge in [0.15, 0.2) is 0 Å². The Labute approximate surface area is 109 Å². The summed E-state index contributed by atoms with van der Waals surface area (Å²) >= 11 is 0. The third-order valence-electron chi connectivity index (χ3n) is 3.45. The van der Waals surface area contributed by atoms with E-state index in [9.17, 15) is 4.79 Å². The molecule has 0 saturated heterocycles. The normalized spacial score (nSPS) is 13.6. The molecule has 0 saturated carbocycles. The van der Waals surface area contributed by atoms with Crippen LogP contribution in [0.3, 0.4) is 0 Å². The fourth-order valence-corrected chi connectivity index (χ4v) is 2.47. The van der Waals surface area contributed by atoms with Crippen molar-refractivity contribution < 1.29 is 4.79 Å². The molecule has 0 radical (unpaired) electrons. The summed E-state index contributed by atoms with van der Waals surface area (Å²) in [5.74, 6) is 0.0107. The molecular weight excluding hydrogens is 238 g/mol. The van der Waals surface area contributed by atoms with E-state index < -0.39 is 0 Å². The van der Waals surface area contributed by atoms with E-state index in [4.69, 9.17) is 0 Å². The van der Waals surface area contributed by atoms with Crippen LogP contribution in [0.1, 0.15) is 15.9 Å². The molecule has 4 heteroatoms. The van der Waals surface area contributed by atoms with Gasteiger partial charge >= 0.3 is 0 Å². The zero-order chi connectivity index (χ0) is 12.8. The summed E-state index contributed by atoms with van der Waals surface area (Å²) in [5.41, 5.74) is 4.70. The molecule has 0 fully saturated rings. The van der Waals surface area contributed by atoms with Crippen molar-refractivity contribution in [1.82, 2.24) is 14.7 Å². The molecule has 3 heterocycles. The molecule has 1 aliphatic rings. The van der Waals surface area contributed by atoms with Crippen molar-refractivity contribution in [2.24, 2.45) is 0 Å². The number of fused-ring (bicyclic) bond motifs is 2. The molecule has 92 valence electrons. The van der Waals surface area contributed by atoms with E-state index in [0.29, 0.717) is 6.54 Å². The van der Waals surface area contributed by atoms with Crippen LogP contribution in [0.15, 0.2) is 48.8 Å². The number of nitrogens with one attached hydrogen (secondary N) is 1. The first-order valence-electron chi connectivity index (χ1n) is 6.16. The fraction of sp³-hybridized carbons (Fsp3) is 0.0667. The minimum atomic E-state index is 0.0107. The van der Waals surface area contributed by atoms with Crippen LogP contribution in [0.2, 0.25) is 0 Å². The van der Waals surface area contributed by atoms with Gasteiger partial charge in [0.1, 0.15) is 5.65 Å². The lowest BCUT2D eigenvalue weighted by molar-refractivity contribution is 0.0966. The number of rotatable bonds is 1. The van der Waals surface area contributed by atoms with E-state index >= 15 is 0 Å². The highest BCUT2D eigenvalue weighted by molar-refractivity contribution is 5.98. The zero-order valence-corrected chi connectivity index (χ0v) is 10.1. The van der Waals surface area contributed by atoms with Crippen molar-refractivity contribution in [2.45, 2.75) is 6.54 Å². The number of carbonyl (C=O) groups is 1. The van der Waals surface area contributed by atoms with Gasteiger partial charge in [0.25, 0.3) is 5.91 Å². The Bertz CT molecular complexity index is 771. The molecule has 0 aliphatic carbocycles. The number of carbonyl (C=O) groups excluding carboxylic acids is 1. The molecule has 19 heavy (non-hydrogen) atoms. The van der Waals surface area contributed by atoms with E-state index in [0.717, 1.165) is 28.0 Å². The van der Waals surface area contributed by atoms with Crippen molar-refractivity contribution in [3.8, 4) is 11.3 Å². The average Bonchev–Trinajstić information content (AvgIpc) is 3.02. The SMILES string of the molecule is O=C1NCc2cc(-c3cn4ccccc4n3)ccc21. The molecule has 3 aromatic rings. The maximum Gasteiger partial charge on any atom is 0.251 e. The largest absolute Gasteiger partial charge is 0.348 e. The van der Waals surface area contributed by atoms with Gasteiger partial charge in [-0.1, -0.05) is 12.1 Å². The second kappa shape index (κ2) is 3.68. The van der Waals surface area contributed by atoms with E-state index in [2.05, 4.69) is 10.3 Å². The third-order valence-corrected chi connectivity index (χ3v) is 3.45. The van der Waals surface area contributed by atoms with Gasteiger partial charge < -0.3 is 9.72 Å². The maximum atomic E-state index is 11.5. The lowest BCUT2D eigenvalue weighted by Crippen LogP contribution is -2.12. The van der Waals surface area contributed by atoms with Gasteiger partial charge in [-0.3, -0.25) is 4.79 Å². The molecule has 1 amide bonds. The van der Waals surface area contributed by atoms with Crippen LogP contribution < -0.4 is 5.32 Å². The van der Waals surface area contributed by atoms with Crippen LogP contribution in [0.5, 0.6) is 0 Å². The number of hydrogen-bond acceptors (Lipinski definition) is 2. The number of pyridine rings is 1. The first-order chi connectivity index (χ1) is 9.31. The molecule has 0 unspecified atom stereocenters. The second-order valence-corrected chi connectivity index (χ2v) is 4.65. The zero-order valence-electron chi connectivity index (χ0n) is 10.1. The van der Waals surface area contributed by atoms with Crippen molar-refractivity contribution in [3.05, 3.63) is 59.9 Å². The van der Waals surface area contributed by atoms with Crippen molar-refractivity contribution >= 4 is 11.6 Å². The summed E-state index contributed by atoms with van der Waals surface area (Å²) in [5, 5.41) is 2.83. The smallest absolute Gasteiger partial charge is 0.251 e. The topological polar surface area (TPSA) is 46.4 Å². The van der Waals surface area contributed by atoms with Gasteiger partial charge in [0.2, 0.25) is 0 Å². The highest BCUT2D eigenvalue weighted by Gasteiger charge is 2.19. The summed E-state index contributed by atoms with van der Waals surface area (Å²) in [6, 6.07) is 11.8. The van der Waals surface area contributed by atoms with Gasteiger partial charge in [0.05, 0.1) is 5.69 Å². The summed E-state index contributed by atoms with van der Waals surface area (Å²) in [4.78, 5) is 16.1. The number of amides is 1. The molecule has 4 nitrogen and oxygen atoms in total. The third kappa shape index (κ3) is 1.53. The Morgan fingerprint density at radius 3 is 3.05 bits per heavy atom. The first-order valence-corrected chi connectivity index (χ1v) is 6.16. The molecule has 1 N–H and O–H groups in total. The van der Waals surface area contributed by atoms with Gasteiger partial charge in [-0.25, -0.2) is 4.98 Å². The summed E-state index contributed by atoms with van der Waals surface area (Å²) < 4.78 is 1.99. The summed E-state index contributed by atoms with van der Waals surface area (Å²) in [6.45, 7) is 0.607. The molecule has 0 bridgehead atoms. The lowest BCUT2D eigenvalue weighted by Gasteiger charge is -1.99. The minimum Gasteiger partial charge on any atom is -0.348 e. The lowest BCUT2D eigenvalue weighted by atomic mass is 10.0. The van der Waals surface area contributed by atoms with E-state index in [1.165, 1.54) is 0 Å². The summed E-state index contributed by atoms with van der Waals surface area (Å²) in [7, 11) is 0. The van der Waals surface area contributed by atoms with Gasteiger partial charge in [0, 0.05) is 30.1 Å². The molecule has 1 aliphatic heterocycles. The highest BCUT2D eigenvalue weighted by Crippen LogP contribution is 2.24. The number of imidazole rings is 1. The molecule has 4 rings (SSSR count). The van der Waals surface area contributed by atoms with Crippen molar-refractivity contribution in [3.63, 3.8) is 0 Å². The molecular formula is C15H11N3O. The second-order valence-electron chi connectivity index (χ2n) is 4.65. The predicted molar refractivity (Wildman–Crippen MR) is 71.8 cm³/mol. The van der Waals surface area contributed by atoms with Crippen LogP contribution in [0.25, 0.3) is 16.9 Å². The maximum absolute atomic E-state index is 11.5. The molecule has 0 atom stereocenters. The molecule has 0 spiro atoms. The highest BCUT2D eigenvalue weighted by atomic mass is 16.1. The Balaban J connectivity index is 1.86. The minimum absolute atomic E-state index is 0.0107. The van der Waals surface area contributed by atoms with Gasteiger partial charge in [-0.15, -0.1) is 0 Å². The fourth-order valence-electron chi connectivity index (χ4n) is 2.47. The van der Waals surface area contributed by atoms with Crippen LogP contribution in [0.4, 0.5) is 0 Å². The standard InChI is InChI=1S/C15H11N3O/c19-15-12-5-4-10(7-11(12)8-16-15)13-9-18-6-2-1-3-14(18)17-13/h1-7,9H,8H2,(H,16,19). The van der Waals surface area contributed by atoms with Crippen LogP contribution >= 0.6 is 0 Å². The van der Waals surface area contributed by atoms with Crippen LogP contribution in [0, 0.1) is 0 Å². The molecule has 1 aromatic carbocycles. The van der Waals surface area contributed by atoms with E-state index in [-0.39, 0.29) is 5.91 Å². The number of benzene rings is 1. The molecule has 2 aromatic heterocycles. The average molecular weight is 249 g/mol. The number of nitrogens with zero attached hydrogens (tertiary/aromatic N) is 2. The predicted octanol–water partition coefficient (Wildman–Crippen LogP) is 2.24.